The van der Waals surface area contributed by atoms with Gasteiger partial charge in [-0.05, 0) is 31.2 Å². The number of halogens is 2. The third-order valence-electron chi connectivity index (χ3n) is 6.00. The number of β-amino-alcohol motifs (C(OH)–C–C–N with tert-alkyl or cyclic N) is 1. The van der Waals surface area contributed by atoms with Crippen LogP contribution in [-0.2, 0) is 6.54 Å². The van der Waals surface area contributed by atoms with Crippen LogP contribution in [0.5, 0.6) is 5.75 Å². The molecule has 0 amide bonds. The lowest BCUT2D eigenvalue weighted by Crippen LogP contribution is -2.48. The van der Waals surface area contributed by atoms with Gasteiger partial charge in [-0.1, -0.05) is 34.4 Å². The van der Waals surface area contributed by atoms with Crippen LogP contribution >= 0.6 is 34.5 Å². The van der Waals surface area contributed by atoms with Crippen LogP contribution in [0.4, 0.5) is 0 Å². The van der Waals surface area contributed by atoms with Gasteiger partial charge in [-0.15, -0.1) is 11.3 Å². The van der Waals surface area contributed by atoms with Gasteiger partial charge in [0.25, 0.3) is 0 Å². The second-order valence-electron chi connectivity index (χ2n) is 8.71. The maximum atomic E-state index is 10.5. The van der Waals surface area contributed by atoms with Crippen molar-refractivity contribution in [3.63, 3.8) is 0 Å². The van der Waals surface area contributed by atoms with E-state index in [0.717, 1.165) is 64.2 Å². The van der Waals surface area contributed by atoms with E-state index in [9.17, 15) is 5.11 Å². The number of aliphatic hydroxyl groups is 1. The fourth-order valence-electron chi connectivity index (χ4n) is 4.18. The Morgan fingerprint density at radius 3 is 2.66 bits per heavy atom. The quantitative estimate of drug-likeness (QED) is 0.337. The van der Waals surface area contributed by atoms with Crippen LogP contribution in [0.3, 0.4) is 0 Å². The number of benzene rings is 2. The number of rotatable bonds is 8. The van der Waals surface area contributed by atoms with Gasteiger partial charge in [0.1, 0.15) is 24.2 Å². The molecule has 0 radical (unpaired) electrons. The summed E-state index contributed by atoms with van der Waals surface area (Å²) in [7, 11) is 0. The van der Waals surface area contributed by atoms with E-state index in [1.54, 1.807) is 23.5 Å². The first-order valence-corrected chi connectivity index (χ1v) is 13.0. The summed E-state index contributed by atoms with van der Waals surface area (Å²) in [6, 6.07) is 13.2. The van der Waals surface area contributed by atoms with Crippen LogP contribution in [0.25, 0.3) is 21.5 Å². The summed E-state index contributed by atoms with van der Waals surface area (Å²) in [6.45, 7) is 7.03. The molecule has 0 spiro atoms. The van der Waals surface area contributed by atoms with Gasteiger partial charge in [0.2, 0.25) is 0 Å². The predicted octanol–water partition coefficient (Wildman–Crippen LogP) is 5.12. The summed E-state index contributed by atoms with van der Waals surface area (Å²) in [5.74, 6) is 1.54. The van der Waals surface area contributed by atoms with Crippen molar-refractivity contribution >= 4 is 44.8 Å². The molecule has 1 N–H and O–H groups in total. The van der Waals surface area contributed by atoms with E-state index in [-0.39, 0.29) is 6.61 Å². The first-order chi connectivity index (χ1) is 16.9. The first kappa shape index (κ1) is 24.5. The summed E-state index contributed by atoms with van der Waals surface area (Å²) >= 11 is 13.8. The van der Waals surface area contributed by atoms with Crippen LogP contribution in [0.1, 0.15) is 10.8 Å². The third kappa shape index (κ3) is 6.14. The average Bonchev–Trinajstić information content (AvgIpc) is 3.46. The topological polar surface area (TPSA) is 74.9 Å². The van der Waals surface area contributed by atoms with Crippen molar-refractivity contribution in [3.05, 3.63) is 63.3 Å². The lowest BCUT2D eigenvalue weighted by Gasteiger charge is -2.35. The molecule has 35 heavy (non-hydrogen) atoms. The summed E-state index contributed by atoms with van der Waals surface area (Å²) in [5.41, 5.74) is 2.55. The number of thiazole rings is 1. The minimum absolute atomic E-state index is 0.254. The lowest BCUT2D eigenvalue weighted by molar-refractivity contribution is 0.0430. The number of hydrogen-bond donors (Lipinski definition) is 1. The molecule has 2 aromatic heterocycles. The van der Waals surface area contributed by atoms with E-state index >= 15 is 0 Å². The minimum atomic E-state index is -0.558. The van der Waals surface area contributed by atoms with E-state index in [2.05, 4.69) is 19.9 Å². The SMILES string of the molecule is Cc1nc2cc(OC[C@H](O)CN3CCN(Cc4cc(-c5ccc(Cl)c(Cl)c5)no4)CC3)ccc2s1. The van der Waals surface area contributed by atoms with E-state index < -0.39 is 6.10 Å². The number of aromatic nitrogens is 2. The summed E-state index contributed by atoms with van der Waals surface area (Å²) in [5, 5.41) is 16.7. The molecule has 7 nitrogen and oxygen atoms in total. The third-order valence-corrected chi connectivity index (χ3v) is 7.69. The molecule has 0 aliphatic carbocycles. The molecular formula is C25H26Cl2N4O3S. The van der Waals surface area contributed by atoms with Crippen molar-refractivity contribution < 1.29 is 14.4 Å². The van der Waals surface area contributed by atoms with Crippen LogP contribution < -0.4 is 4.74 Å². The summed E-state index contributed by atoms with van der Waals surface area (Å²) < 4.78 is 12.5. The number of piperazine rings is 1. The number of nitrogens with zero attached hydrogens (tertiary/aromatic N) is 4. The number of hydrogen-bond acceptors (Lipinski definition) is 8. The van der Waals surface area contributed by atoms with Gasteiger partial charge in [0, 0.05) is 50.4 Å². The lowest BCUT2D eigenvalue weighted by atomic mass is 10.1. The Balaban J connectivity index is 1.06. The van der Waals surface area contributed by atoms with Crippen LogP contribution in [0, 0.1) is 6.92 Å². The average molecular weight is 533 g/mol. The number of fused-ring (bicyclic) bond motifs is 1. The van der Waals surface area contributed by atoms with Crippen molar-refractivity contribution in [3.8, 4) is 17.0 Å². The molecule has 10 heteroatoms. The molecule has 3 heterocycles. The van der Waals surface area contributed by atoms with E-state index in [1.165, 1.54) is 0 Å². The Kier molecular flexibility index (Phi) is 7.57. The van der Waals surface area contributed by atoms with Gasteiger partial charge in [0.15, 0.2) is 5.76 Å². The molecule has 1 fully saturated rings. The highest BCUT2D eigenvalue weighted by molar-refractivity contribution is 7.18. The summed E-state index contributed by atoms with van der Waals surface area (Å²) in [6.07, 6.45) is -0.558. The molecule has 1 aliphatic heterocycles. The Morgan fingerprint density at radius 2 is 1.86 bits per heavy atom. The van der Waals surface area contributed by atoms with Gasteiger partial charge in [-0.25, -0.2) is 4.98 Å². The Morgan fingerprint density at radius 1 is 1.06 bits per heavy atom. The number of ether oxygens (including phenoxy) is 1. The standard InChI is InChI=1S/C25H26Cl2N4O3S/c1-16-28-24-11-19(3-5-25(24)35-16)33-15-18(32)13-30-6-8-31(9-7-30)14-20-12-23(29-34-20)17-2-4-21(26)22(27)10-17/h2-5,10-12,18,32H,6-9,13-15H2,1H3/t18-/m1/s1. The van der Waals surface area contributed by atoms with Gasteiger partial charge in [-0.2, -0.15) is 0 Å². The molecule has 184 valence electrons. The second-order valence-corrected chi connectivity index (χ2v) is 10.8. The minimum Gasteiger partial charge on any atom is -0.491 e. The molecule has 0 saturated carbocycles. The zero-order valence-corrected chi connectivity index (χ0v) is 21.6. The summed E-state index contributed by atoms with van der Waals surface area (Å²) in [4.78, 5) is 9.08. The van der Waals surface area contributed by atoms with Crippen molar-refractivity contribution in [1.82, 2.24) is 19.9 Å². The van der Waals surface area contributed by atoms with Gasteiger partial charge in [-0.3, -0.25) is 9.80 Å². The Hall–Kier alpha value is -2.20. The molecular weight excluding hydrogens is 507 g/mol. The predicted molar refractivity (Wildman–Crippen MR) is 140 cm³/mol. The fraction of sp³-hybridized carbons (Fsp3) is 0.360. The van der Waals surface area contributed by atoms with Crippen LogP contribution in [0.2, 0.25) is 10.0 Å². The van der Waals surface area contributed by atoms with Crippen molar-refractivity contribution in [1.29, 1.82) is 0 Å². The molecule has 4 aromatic rings. The molecule has 1 aliphatic rings. The zero-order valence-electron chi connectivity index (χ0n) is 19.3. The highest BCUT2D eigenvalue weighted by Gasteiger charge is 2.21. The van der Waals surface area contributed by atoms with Crippen molar-refractivity contribution in [2.24, 2.45) is 0 Å². The fourth-order valence-corrected chi connectivity index (χ4v) is 5.29. The largest absolute Gasteiger partial charge is 0.491 e. The monoisotopic (exact) mass is 532 g/mol. The molecule has 0 unspecified atom stereocenters. The van der Waals surface area contributed by atoms with E-state index in [4.69, 9.17) is 32.5 Å². The highest BCUT2D eigenvalue weighted by Crippen LogP contribution is 2.29. The van der Waals surface area contributed by atoms with Gasteiger partial charge in [0.05, 0.1) is 31.8 Å². The first-order valence-electron chi connectivity index (χ1n) is 11.5. The van der Waals surface area contributed by atoms with E-state index in [1.807, 2.05) is 37.3 Å². The molecule has 5 rings (SSSR count). The van der Waals surface area contributed by atoms with Crippen LogP contribution in [0.15, 0.2) is 47.0 Å². The van der Waals surface area contributed by atoms with Crippen molar-refractivity contribution in [2.75, 3.05) is 39.3 Å². The maximum Gasteiger partial charge on any atom is 0.151 e. The van der Waals surface area contributed by atoms with Crippen molar-refractivity contribution in [2.45, 2.75) is 19.6 Å². The second kappa shape index (κ2) is 10.8. The number of aliphatic hydroxyl groups excluding tert-OH is 1. The zero-order chi connectivity index (χ0) is 24.4. The Labute approximate surface area is 217 Å². The highest BCUT2D eigenvalue weighted by atomic mass is 35.5. The smallest absolute Gasteiger partial charge is 0.151 e. The number of aryl methyl sites for hydroxylation is 1. The van der Waals surface area contributed by atoms with E-state index in [0.29, 0.717) is 23.1 Å². The van der Waals surface area contributed by atoms with Crippen LogP contribution in [-0.4, -0.2) is 70.5 Å². The van der Waals surface area contributed by atoms with Gasteiger partial charge >= 0.3 is 0 Å². The normalized spacial score (nSPS) is 16.1. The van der Waals surface area contributed by atoms with Gasteiger partial charge < -0.3 is 14.4 Å². The maximum absolute atomic E-state index is 10.5. The molecule has 1 saturated heterocycles. The molecule has 2 aromatic carbocycles. The molecule has 0 bridgehead atoms. The Bertz CT molecular complexity index is 1300. The molecule has 1 atom stereocenters.